The van der Waals surface area contributed by atoms with Crippen molar-refractivity contribution in [3.8, 4) is 0 Å². The topological polar surface area (TPSA) is 29.3 Å². The van der Waals surface area contributed by atoms with Crippen LogP contribution in [0, 0.1) is 5.92 Å². The largest absolute Gasteiger partial charge is 0.323 e. The lowest BCUT2D eigenvalue weighted by Gasteiger charge is -2.31. The van der Waals surface area contributed by atoms with Crippen LogP contribution in [0.25, 0.3) is 0 Å². The van der Waals surface area contributed by atoms with Crippen molar-refractivity contribution in [2.75, 3.05) is 13.6 Å². The molecule has 0 fully saturated rings. The van der Waals surface area contributed by atoms with Crippen LogP contribution in [0.15, 0.2) is 30.3 Å². The minimum Gasteiger partial charge on any atom is -0.323 e. The normalized spacial score (nSPS) is 15.4. The quantitative estimate of drug-likeness (QED) is 0.826. The highest BCUT2D eigenvalue weighted by Gasteiger charge is 2.19. The van der Waals surface area contributed by atoms with Crippen LogP contribution >= 0.6 is 0 Å². The lowest BCUT2D eigenvalue weighted by molar-refractivity contribution is 0.204. The predicted molar refractivity (Wildman–Crippen MR) is 70.3 cm³/mol. The highest BCUT2D eigenvalue weighted by molar-refractivity contribution is 5.19. The SMILES string of the molecule is CC(C)CN(C)C(C)C(N)c1ccccc1. The molecule has 2 heteroatoms. The number of likely N-dealkylation sites (N-methyl/N-ethyl adjacent to an activating group) is 1. The highest BCUT2D eigenvalue weighted by Crippen LogP contribution is 2.17. The van der Waals surface area contributed by atoms with Crippen molar-refractivity contribution in [2.45, 2.75) is 32.9 Å². The van der Waals surface area contributed by atoms with Crippen molar-refractivity contribution in [1.29, 1.82) is 0 Å². The molecule has 0 aromatic heterocycles. The molecule has 0 heterocycles. The lowest BCUT2D eigenvalue weighted by atomic mass is 10.00. The van der Waals surface area contributed by atoms with Gasteiger partial charge in [-0.25, -0.2) is 0 Å². The first-order chi connectivity index (χ1) is 7.52. The molecule has 0 amide bonds. The van der Waals surface area contributed by atoms with Crippen molar-refractivity contribution < 1.29 is 0 Å². The van der Waals surface area contributed by atoms with Gasteiger partial charge in [0, 0.05) is 18.6 Å². The number of hydrogen-bond acceptors (Lipinski definition) is 2. The van der Waals surface area contributed by atoms with Gasteiger partial charge in [0.05, 0.1) is 0 Å². The summed E-state index contributed by atoms with van der Waals surface area (Å²) < 4.78 is 0. The van der Waals surface area contributed by atoms with Crippen molar-refractivity contribution >= 4 is 0 Å². The summed E-state index contributed by atoms with van der Waals surface area (Å²) in [5.41, 5.74) is 7.49. The first kappa shape index (κ1) is 13.2. The van der Waals surface area contributed by atoms with E-state index in [2.05, 4.69) is 44.9 Å². The van der Waals surface area contributed by atoms with Crippen LogP contribution in [0.2, 0.25) is 0 Å². The van der Waals surface area contributed by atoms with Crippen LogP contribution in [-0.2, 0) is 0 Å². The Morgan fingerprint density at radius 3 is 2.19 bits per heavy atom. The van der Waals surface area contributed by atoms with E-state index in [1.54, 1.807) is 0 Å². The van der Waals surface area contributed by atoms with Gasteiger partial charge in [-0.1, -0.05) is 44.2 Å². The van der Waals surface area contributed by atoms with Crippen LogP contribution in [0.3, 0.4) is 0 Å². The van der Waals surface area contributed by atoms with Crippen molar-refractivity contribution in [1.82, 2.24) is 4.90 Å². The molecule has 0 saturated carbocycles. The smallest absolute Gasteiger partial charge is 0.0450 e. The molecule has 0 saturated heterocycles. The minimum atomic E-state index is 0.0879. The fraction of sp³-hybridized carbons (Fsp3) is 0.571. The van der Waals surface area contributed by atoms with Gasteiger partial charge in [0.25, 0.3) is 0 Å². The average molecular weight is 220 g/mol. The summed E-state index contributed by atoms with van der Waals surface area (Å²) in [6, 6.07) is 10.8. The first-order valence-corrected chi connectivity index (χ1v) is 6.03. The van der Waals surface area contributed by atoms with Crippen LogP contribution in [0.4, 0.5) is 0 Å². The van der Waals surface area contributed by atoms with Crippen molar-refractivity contribution in [2.24, 2.45) is 11.7 Å². The number of nitrogens with zero attached hydrogens (tertiary/aromatic N) is 1. The fourth-order valence-electron chi connectivity index (χ4n) is 1.97. The fourth-order valence-corrected chi connectivity index (χ4v) is 1.97. The van der Waals surface area contributed by atoms with E-state index in [-0.39, 0.29) is 6.04 Å². The second-order valence-electron chi connectivity index (χ2n) is 5.01. The zero-order valence-corrected chi connectivity index (χ0v) is 10.9. The Kier molecular flexibility index (Phi) is 4.97. The molecule has 2 unspecified atom stereocenters. The molecule has 0 aliphatic heterocycles. The molecule has 2 N–H and O–H groups in total. The van der Waals surface area contributed by atoms with Gasteiger partial charge in [-0.05, 0) is 25.5 Å². The third-order valence-electron chi connectivity index (χ3n) is 3.05. The Labute approximate surface area is 99.5 Å². The number of benzene rings is 1. The zero-order valence-electron chi connectivity index (χ0n) is 10.9. The van der Waals surface area contributed by atoms with E-state index in [0.29, 0.717) is 12.0 Å². The Balaban J connectivity index is 2.63. The maximum Gasteiger partial charge on any atom is 0.0450 e. The summed E-state index contributed by atoms with van der Waals surface area (Å²) in [5.74, 6) is 0.676. The van der Waals surface area contributed by atoms with E-state index in [4.69, 9.17) is 5.73 Å². The summed E-state index contributed by atoms with van der Waals surface area (Å²) >= 11 is 0. The molecule has 1 aromatic rings. The Morgan fingerprint density at radius 2 is 1.69 bits per heavy atom. The standard InChI is InChI=1S/C14H24N2/c1-11(2)10-16(4)12(3)14(15)13-8-6-5-7-9-13/h5-9,11-12,14H,10,15H2,1-4H3. The second-order valence-corrected chi connectivity index (χ2v) is 5.01. The molecule has 16 heavy (non-hydrogen) atoms. The molecule has 0 aliphatic carbocycles. The molecule has 0 radical (unpaired) electrons. The summed E-state index contributed by atoms with van der Waals surface area (Å²) in [7, 11) is 2.15. The molecule has 1 rings (SSSR count). The molecular formula is C14H24N2. The van der Waals surface area contributed by atoms with E-state index in [1.807, 2.05) is 18.2 Å². The molecule has 2 nitrogen and oxygen atoms in total. The number of hydrogen-bond donors (Lipinski definition) is 1. The van der Waals surface area contributed by atoms with Gasteiger partial charge in [0.15, 0.2) is 0 Å². The van der Waals surface area contributed by atoms with E-state index >= 15 is 0 Å². The van der Waals surface area contributed by atoms with Gasteiger partial charge in [-0.3, -0.25) is 0 Å². The summed E-state index contributed by atoms with van der Waals surface area (Å²) in [6.45, 7) is 7.75. The van der Waals surface area contributed by atoms with Crippen LogP contribution in [0.5, 0.6) is 0 Å². The molecule has 0 aliphatic rings. The summed E-state index contributed by atoms with van der Waals surface area (Å²) in [4.78, 5) is 2.34. The minimum absolute atomic E-state index is 0.0879. The van der Waals surface area contributed by atoms with E-state index in [0.717, 1.165) is 6.54 Å². The van der Waals surface area contributed by atoms with E-state index in [9.17, 15) is 0 Å². The molecule has 1 aromatic carbocycles. The Bertz CT molecular complexity index is 295. The maximum atomic E-state index is 6.27. The molecular weight excluding hydrogens is 196 g/mol. The Hall–Kier alpha value is -0.860. The van der Waals surface area contributed by atoms with Crippen LogP contribution < -0.4 is 5.73 Å². The average Bonchev–Trinajstić information content (AvgIpc) is 2.27. The van der Waals surface area contributed by atoms with Gasteiger partial charge in [-0.15, -0.1) is 0 Å². The molecule has 0 spiro atoms. The zero-order chi connectivity index (χ0) is 12.1. The monoisotopic (exact) mass is 220 g/mol. The first-order valence-electron chi connectivity index (χ1n) is 6.03. The third-order valence-corrected chi connectivity index (χ3v) is 3.05. The lowest BCUT2D eigenvalue weighted by Crippen LogP contribution is -2.40. The van der Waals surface area contributed by atoms with Crippen molar-refractivity contribution in [3.05, 3.63) is 35.9 Å². The molecule has 0 bridgehead atoms. The second kappa shape index (κ2) is 6.02. The number of rotatable bonds is 5. The van der Waals surface area contributed by atoms with Crippen LogP contribution in [0.1, 0.15) is 32.4 Å². The van der Waals surface area contributed by atoms with E-state index < -0.39 is 0 Å². The summed E-state index contributed by atoms with van der Waals surface area (Å²) in [6.07, 6.45) is 0. The molecule has 90 valence electrons. The maximum absolute atomic E-state index is 6.27. The van der Waals surface area contributed by atoms with Gasteiger partial charge >= 0.3 is 0 Å². The Morgan fingerprint density at radius 1 is 1.12 bits per heavy atom. The molecule has 2 atom stereocenters. The van der Waals surface area contributed by atoms with Gasteiger partial charge < -0.3 is 10.6 Å². The van der Waals surface area contributed by atoms with E-state index in [1.165, 1.54) is 5.56 Å². The van der Waals surface area contributed by atoms with Crippen LogP contribution in [-0.4, -0.2) is 24.5 Å². The van der Waals surface area contributed by atoms with Crippen molar-refractivity contribution in [3.63, 3.8) is 0 Å². The predicted octanol–water partition coefficient (Wildman–Crippen LogP) is 2.66. The number of nitrogens with two attached hydrogens (primary N) is 1. The third kappa shape index (κ3) is 3.62. The summed E-state index contributed by atoms with van der Waals surface area (Å²) in [5, 5.41) is 0. The van der Waals surface area contributed by atoms with Gasteiger partial charge in [0.1, 0.15) is 0 Å². The highest BCUT2D eigenvalue weighted by atomic mass is 15.1. The van der Waals surface area contributed by atoms with Gasteiger partial charge in [0.2, 0.25) is 0 Å². The van der Waals surface area contributed by atoms with Gasteiger partial charge in [-0.2, -0.15) is 0 Å².